The summed E-state index contributed by atoms with van der Waals surface area (Å²) in [6, 6.07) is 13.9. The van der Waals surface area contributed by atoms with Crippen molar-refractivity contribution in [1.29, 1.82) is 0 Å². The molecule has 0 aromatic heterocycles. The van der Waals surface area contributed by atoms with Crippen molar-refractivity contribution >= 4 is 5.69 Å². The van der Waals surface area contributed by atoms with Crippen LogP contribution in [0.15, 0.2) is 42.5 Å². The van der Waals surface area contributed by atoms with Crippen LogP contribution in [0, 0.1) is 13.8 Å². The summed E-state index contributed by atoms with van der Waals surface area (Å²) >= 11 is 0. The number of nitrogens with zero attached hydrogens (tertiary/aromatic N) is 1. The fraction of sp³-hybridized carbons (Fsp3) is 0.250. The van der Waals surface area contributed by atoms with Crippen LogP contribution in [-0.2, 0) is 6.54 Å². The summed E-state index contributed by atoms with van der Waals surface area (Å²) in [5, 5.41) is 9.27. The second kappa shape index (κ2) is 5.13. The van der Waals surface area contributed by atoms with Gasteiger partial charge in [-0.2, -0.15) is 0 Å². The molecule has 0 amide bonds. The molecule has 1 N–H and O–H groups in total. The van der Waals surface area contributed by atoms with Gasteiger partial charge in [-0.15, -0.1) is 0 Å². The molecule has 0 bridgehead atoms. The third-order valence-electron chi connectivity index (χ3n) is 3.12. The fourth-order valence-corrected chi connectivity index (χ4v) is 2.19. The van der Waals surface area contributed by atoms with E-state index in [0.717, 1.165) is 6.54 Å². The Morgan fingerprint density at radius 3 is 2.28 bits per heavy atom. The molecule has 0 fully saturated rings. The first-order valence-corrected chi connectivity index (χ1v) is 6.12. The number of benzene rings is 2. The third kappa shape index (κ3) is 2.83. The number of phenols is 1. The molecule has 2 aromatic carbocycles. The summed E-state index contributed by atoms with van der Waals surface area (Å²) in [5.74, 6) is 0.313. The molecule has 0 aliphatic rings. The summed E-state index contributed by atoms with van der Waals surface area (Å²) in [6.07, 6.45) is 0. The predicted molar refractivity (Wildman–Crippen MR) is 76.1 cm³/mol. The molecule has 0 spiro atoms. The molecule has 18 heavy (non-hydrogen) atoms. The van der Waals surface area contributed by atoms with Crippen LogP contribution in [0.2, 0.25) is 0 Å². The average Bonchev–Trinajstić information content (AvgIpc) is 2.32. The van der Waals surface area contributed by atoms with Crippen molar-refractivity contribution < 1.29 is 5.11 Å². The van der Waals surface area contributed by atoms with Crippen molar-refractivity contribution in [3.05, 3.63) is 59.2 Å². The van der Waals surface area contributed by atoms with Crippen molar-refractivity contribution in [3.8, 4) is 5.75 Å². The van der Waals surface area contributed by atoms with E-state index < -0.39 is 0 Å². The Bertz CT molecular complexity index is 531. The van der Waals surface area contributed by atoms with Gasteiger partial charge in [0.2, 0.25) is 0 Å². The van der Waals surface area contributed by atoms with Crippen LogP contribution >= 0.6 is 0 Å². The van der Waals surface area contributed by atoms with Crippen molar-refractivity contribution in [2.45, 2.75) is 20.4 Å². The normalized spacial score (nSPS) is 10.4. The number of phenolic OH excluding ortho intramolecular Hbond substituents is 1. The topological polar surface area (TPSA) is 23.5 Å². The van der Waals surface area contributed by atoms with Gasteiger partial charge in [0.25, 0.3) is 0 Å². The molecule has 0 unspecified atom stereocenters. The van der Waals surface area contributed by atoms with Crippen LogP contribution in [0.25, 0.3) is 0 Å². The lowest BCUT2D eigenvalue weighted by Gasteiger charge is -2.22. The lowest BCUT2D eigenvalue weighted by molar-refractivity contribution is 0.475. The number of hydrogen-bond acceptors (Lipinski definition) is 2. The summed E-state index contributed by atoms with van der Waals surface area (Å²) < 4.78 is 0. The number of aromatic hydroxyl groups is 1. The zero-order valence-electron chi connectivity index (χ0n) is 11.1. The molecule has 0 aliphatic carbocycles. The van der Waals surface area contributed by atoms with Gasteiger partial charge in [-0.25, -0.2) is 0 Å². The molecule has 2 heteroatoms. The number of aryl methyl sites for hydroxylation is 2. The first kappa shape index (κ1) is 12.5. The maximum Gasteiger partial charge on any atom is 0.115 e. The van der Waals surface area contributed by atoms with Crippen molar-refractivity contribution in [2.75, 3.05) is 11.9 Å². The second-order valence-corrected chi connectivity index (χ2v) is 4.81. The van der Waals surface area contributed by atoms with E-state index in [1.54, 1.807) is 12.1 Å². The highest BCUT2D eigenvalue weighted by Gasteiger charge is 2.05. The van der Waals surface area contributed by atoms with Gasteiger partial charge in [-0.3, -0.25) is 0 Å². The van der Waals surface area contributed by atoms with E-state index in [1.165, 1.54) is 22.4 Å². The minimum Gasteiger partial charge on any atom is -0.508 e. The Labute approximate surface area is 109 Å². The van der Waals surface area contributed by atoms with E-state index in [1.807, 2.05) is 12.1 Å². The molecule has 2 rings (SSSR count). The molecule has 0 aliphatic heterocycles. The average molecular weight is 241 g/mol. The van der Waals surface area contributed by atoms with Crippen molar-refractivity contribution in [2.24, 2.45) is 0 Å². The van der Waals surface area contributed by atoms with E-state index in [-0.39, 0.29) is 0 Å². The van der Waals surface area contributed by atoms with Gasteiger partial charge in [0.1, 0.15) is 5.75 Å². The first-order chi connectivity index (χ1) is 8.56. The highest BCUT2D eigenvalue weighted by Crippen LogP contribution is 2.22. The molecule has 0 radical (unpaired) electrons. The van der Waals surface area contributed by atoms with Crippen LogP contribution in [0.1, 0.15) is 16.7 Å². The zero-order chi connectivity index (χ0) is 13.1. The molecule has 2 aromatic rings. The summed E-state index contributed by atoms with van der Waals surface area (Å²) in [5.41, 5.74) is 5.01. The molecular weight excluding hydrogens is 222 g/mol. The summed E-state index contributed by atoms with van der Waals surface area (Å²) in [6.45, 7) is 5.08. The Morgan fingerprint density at radius 1 is 1.00 bits per heavy atom. The van der Waals surface area contributed by atoms with Crippen LogP contribution in [0.3, 0.4) is 0 Å². The lowest BCUT2D eigenvalue weighted by Crippen LogP contribution is -2.17. The quantitative estimate of drug-likeness (QED) is 0.886. The highest BCUT2D eigenvalue weighted by atomic mass is 16.3. The SMILES string of the molecule is Cc1ccc(N(C)Cc2ccc(O)cc2)c(C)c1. The Kier molecular flexibility index (Phi) is 3.56. The van der Waals surface area contributed by atoms with E-state index >= 15 is 0 Å². The van der Waals surface area contributed by atoms with E-state index in [9.17, 15) is 5.11 Å². The monoisotopic (exact) mass is 241 g/mol. The van der Waals surface area contributed by atoms with Crippen LogP contribution in [0.5, 0.6) is 5.75 Å². The van der Waals surface area contributed by atoms with Gasteiger partial charge in [0, 0.05) is 19.3 Å². The van der Waals surface area contributed by atoms with E-state index in [0.29, 0.717) is 5.75 Å². The molecule has 0 saturated carbocycles. The number of hydrogen-bond donors (Lipinski definition) is 1. The number of anilines is 1. The lowest BCUT2D eigenvalue weighted by atomic mass is 10.1. The van der Waals surface area contributed by atoms with Gasteiger partial charge in [0.05, 0.1) is 0 Å². The zero-order valence-corrected chi connectivity index (χ0v) is 11.1. The molecule has 0 heterocycles. The fourth-order valence-electron chi connectivity index (χ4n) is 2.19. The molecule has 0 saturated heterocycles. The Morgan fingerprint density at radius 2 is 1.67 bits per heavy atom. The van der Waals surface area contributed by atoms with Gasteiger partial charge in [0.15, 0.2) is 0 Å². The smallest absolute Gasteiger partial charge is 0.115 e. The minimum absolute atomic E-state index is 0.313. The molecular formula is C16H19NO. The van der Waals surface area contributed by atoms with Crippen molar-refractivity contribution in [3.63, 3.8) is 0 Å². The first-order valence-electron chi connectivity index (χ1n) is 6.12. The van der Waals surface area contributed by atoms with Gasteiger partial charge in [-0.05, 0) is 43.2 Å². The van der Waals surface area contributed by atoms with Crippen LogP contribution < -0.4 is 4.90 Å². The summed E-state index contributed by atoms with van der Waals surface area (Å²) in [4.78, 5) is 2.22. The minimum atomic E-state index is 0.313. The van der Waals surface area contributed by atoms with Crippen LogP contribution in [-0.4, -0.2) is 12.2 Å². The van der Waals surface area contributed by atoms with Crippen LogP contribution in [0.4, 0.5) is 5.69 Å². The van der Waals surface area contributed by atoms with Gasteiger partial charge < -0.3 is 10.0 Å². The second-order valence-electron chi connectivity index (χ2n) is 4.81. The third-order valence-corrected chi connectivity index (χ3v) is 3.12. The predicted octanol–water partition coefficient (Wildman–Crippen LogP) is 3.65. The van der Waals surface area contributed by atoms with E-state index in [4.69, 9.17) is 0 Å². The molecule has 2 nitrogen and oxygen atoms in total. The summed E-state index contributed by atoms with van der Waals surface area (Å²) in [7, 11) is 2.09. The Balaban J connectivity index is 2.16. The van der Waals surface area contributed by atoms with E-state index in [2.05, 4.69) is 44.0 Å². The number of rotatable bonds is 3. The largest absolute Gasteiger partial charge is 0.508 e. The molecule has 94 valence electrons. The van der Waals surface area contributed by atoms with Gasteiger partial charge in [-0.1, -0.05) is 29.8 Å². The molecule has 0 atom stereocenters. The van der Waals surface area contributed by atoms with Gasteiger partial charge >= 0.3 is 0 Å². The Hall–Kier alpha value is -1.96. The van der Waals surface area contributed by atoms with Crippen molar-refractivity contribution in [1.82, 2.24) is 0 Å². The maximum absolute atomic E-state index is 9.27. The standard InChI is InChI=1S/C16H19NO/c1-12-4-9-16(13(2)10-12)17(3)11-14-5-7-15(18)8-6-14/h4-10,18H,11H2,1-3H3. The highest BCUT2D eigenvalue weighted by molar-refractivity contribution is 5.54. The maximum atomic E-state index is 9.27.